The normalized spacial score (nSPS) is 12.3. The molecule has 1 atom stereocenters. The van der Waals surface area contributed by atoms with Crippen LogP contribution in [0.2, 0.25) is 0 Å². The summed E-state index contributed by atoms with van der Waals surface area (Å²) in [6.45, 7) is 3.02. The molecular formula is C16H18BrFN2. The fourth-order valence-corrected chi connectivity index (χ4v) is 2.45. The van der Waals surface area contributed by atoms with Gasteiger partial charge in [0, 0.05) is 22.9 Å². The van der Waals surface area contributed by atoms with Crippen molar-refractivity contribution in [1.82, 2.24) is 10.3 Å². The van der Waals surface area contributed by atoms with E-state index in [1.807, 2.05) is 30.5 Å². The van der Waals surface area contributed by atoms with Crippen molar-refractivity contribution in [3.05, 3.63) is 64.1 Å². The van der Waals surface area contributed by atoms with E-state index in [-0.39, 0.29) is 11.9 Å². The minimum absolute atomic E-state index is 0.0827. The molecule has 0 aliphatic heterocycles. The van der Waals surface area contributed by atoms with Crippen molar-refractivity contribution in [1.29, 1.82) is 0 Å². The predicted octanol–water partition coefficient (Wildman–Crippen LogP) is 4.27. The average molecular weight is 337 g/mol. The second-order valence-electron chi connectivity index (χ2n) is 4.73. The summed E-state index contributed by atoms with van der Waals surface area (Å²) in [5.41, 5.74) is 1.80. The second kappa shape index (κ2) is 7.50. The zero-order valence-electron chi connectivity index (χ0n) is 11.4. The van der Waals surface area contributed by atoms with Gasteiger partial charge in [-0.25, -0.2) is 4.39 Å². The lowest BCUT2D eigenvalue weighted by Gasteiger charge is -2.19. The number of pyridine rings is 1. The first-order valence-corrected chi connectivity index (χ1v) is 7.57. The minimum atomic E-state index is -0.174. The molecule has 0 spiro atoms. The van der Waals surface area contributed by atoms with Crippen LogP contribution < -0.4 is 5.32 Å². The molecule has 0 aliphatic carbocycles. The molecule has 1 aromatic heterocycles. The van der Waals surface area contributed by atoms with Crippen LogP contribution in [0, 0.1) is 5.82 Å². The first-order chi connectivity index (χ1) is 9.70. The smallest absolute Gasteiger partial charge is 0.127 e. The molecule has 0 saturated heterocycles. The molecule has 2 aromatic rings. The number of hydrogen-bond acceptors (Lipinski definition) is 2. The molecule has 4 heteroatoms. The van der Waals surface area contributed by atoms with Gasteiger partial charge in [0.2, 0.25) is 0 Å². The molecule has 0 radical (unpaired) electrons. The van der Waals surface area contributed by atoms with Crippen molar-refractivity contribution in [2.45, 2.75) is 25.8 Å². The fraction of sp³-hybridized carbons (Fsp3) is 0.312. The van der Waals surface area contributed by atoms with Crippen molar-refractivity contribution in [3.63, 3.8) is 0 Å². The van der Waals surface area contributed by atoms with E-state index in [0.29, 0.717) is 12.0 Å². The van der Waals surface area contributed by atoms with Gasteiger partial charge in [-0.3, -0.25) is 4.98 Å². The average Bonchev–Trinajstić information content (AvgIpc) is 2.46. The third-order valence-electron chi connectivity index (χ3n) is 3.17. The summed E-state index contributed by atoms with van der Waals surface area (Å²) in [6.07, 6.45) is 5.25. The van der Waals surface area contributed by atoms with E-state index < -0.39 is 0 Å². The molecule has 0 aliphatic rings. The first-order valence-electron chi connectivity index (χ1n) is 6.78. The van der Waals surface area contributed by atoms with E-state index in [4.69, 9.17) is 0 Å². The number of rotatable bonds is 6. The van der Waals surface area contributed by atoms with E-state index in [9.17, 15) is 4.39 Å². The molecule has 0 saturated carbocycles. The third kappa shape index (κ3) is 4.12. The van der Waals surface area contributed by atoms with Gasteiger partial charge in [-0.05, 0) is 48.7 Å². The van der Waals surface area contributed by atoms with Crippen molar-refractivity contribution >= 4 is 15.9 Å². The lowest BCUT2D eigenvalue weighted by Crippen LogP contribution is -2.24. The van der Waals surface area contributed by atoms with Gasteiger partial charge in [-0.2, -0.15) is 0 Å². The Labute approximate surface area is 127 Å². The van der Waals surface area contributed by atoms with Crippen LogP contribution in [0.3, 0.4) is 0 Å². The highest BCUT2D eigenvalue weighted by molar-refractivity contribution is 9.10. The SMILES string of the molecule is CCCNC(Cc1ccc(Br)cc1F)c1cccnc1. The maximum atomic E-state index is 14.0. The Morgan fingerprint density at radius 1 is 1.35 bits per heavy atom. The Kier molecular flexibility index (Phi) is 5.68. The van der Waals surface area contributed by atoms with Gasteiger partial charge < -0.3 is 5.32 Å². The third-order valence-corrected chi connectivity index (χ3v) is 3.66. The van der Waals surface area contributed by atoms with E-state index >= 15 is 0 Å². The highest BCUT2D eigenvalue weighted by Gasteiger charge is 2.14. The van der Waals surface area contributed by atoms with Gasteiger partial charge in [0.25, 0.3) is 0 Å². The summed E-state index contributed by atoms with van der Waals surface area (Å²) in [7, 11) is 0. The topological polar surface area (TPSA) is 24.9 Å². The highest BCUT2D eigenvalue weighted by atomic mass is 79.9. The second-order valence-corrected chi connectivity index (χ2v) is 5.65. The standard InChI is InChI=1S/C16H18BrFN2/c1-2-7-20-16(13-4-3-8-19-11-13)9-12-5-6-14(17)10-15(12)18/h3-6,8,10-11,16,20H,2,7,9H2,1H3. The van der Waals surface area contributed by atoms with E-state index in [0.717, 1.165) is 23.0 Å². The van der Waals surface area contributed by atoms with E-state index in [1.54, 1.807) is 6.20 Å². The summed E-state index contributed by atoms with van der Waals surface area (Å²) >= 11 is 3.28. The highest BCUT2D eigenvalue weighted by Crippen LogP contribution is 2.22. The Bertz CT molecular complexity index is 545. The zero-order chi connectivity index (χ0) is 14.4. The van der Waals surface area contributed by atoms with Gasteiger partial charge in [0.05, 0.1) is 0 Å². The molecule has 1 N–H and O–H groups in total. The van der Waals surface area contributed by atoms with Gasteiger partial charge >= 0.3 is 0 Å². The molecule has 2 rings (SSSR count). The maximum absolute atomic E-state index is 14.0. The van der Waals surface area contributed by atoms with Crippen LogP contribution in [-0.4, -0.2) is 11.5 Å². The molecular weight excluding hydrogens is 319 g/mol. The summed E-state index contributed by atoms with van der Waals surface area (Å²) in [5, 5.41) is 3.46. The van der Waals surface area contributed by atoms with Gasteiger partial charge in [-0.1, -0.05) is 35.0 Å². The summed E-state index contributed by atoms with van der Waals surface area (Å²) in [5.74, 6) is -0.174. The number of halogens is 2. The Morgan fingerprint density at radius 3 is 2.85 bits per heavy atom. The largest absolute Gasteiger partial charge is 0.310 e. The Morgan fingerprint density at radius 2 is 2.20 bits per heavy atom. The van der Waals surface area contributed by atoms with Crippen molar-refractivity contribution < 1.29 is 4.39 Å². The van der Waals surface area contributed by atoms with Gasteiger partial charge in [0.1, 0.15) is 5.82 Å². The molecule has 2 nitrogen and oxygen atoms in total. The summed E-state index contributed by atoms with van der Waals surface area (Å²) < 4.78 is 14.7. The van der Waals surface area contributed by atoms with Crippen LogP contribution in [-0.2, 0) is 6.42 Å². The summed E-state index contributed by atoms with van der Waals surface area (Å²) in [4.78, 5) is 4.15. The Balaban J connectivity index is 2.19. The molecule has 1 heterocycles. The number of aromatic nitrogens is 1. The Hall–Kier alpha value is -1.26. The van der Waals surface area contributed by atoms with Crippen LogP contribution in [0.1, 0.15) is 30.5 Å². The molecule has 20 heavy (non-hydrogen) atoms. The molecule has 106 valence electrons. The quantitative estimate of drug-likeness (QED) is 0.852. The number of nitrogens with one attached hydrogen (secondary N) is 1. The predicted molar refractivity (Wildman–Crippen MR) is 83.1 cm³/mol. The van der Waals surface area contributed by atoms with E-state index in [2.05, 4.69) is 33.2 Å². The van der Waals surface area contributed by atoms with Crippen molar-refractivity contribution in [3.8, 4) is 0 Å². The van der Waals surface area contributed by atoms with Crippen LogP contribution in [0.25, 0.3) is 0 Å². The molecule has 0 amide bonds. The van der Waals surface area contributed by atoms with Gasteiger partial charge in [0.15, 0.2) is 0 Å². The first kappa shape index (κ1) is 15.1. The van der Waals surface area contributed by atoms with Crippen LogP contribution in [0.4, 0.5) is 4.39 Å². The lowest BCUT2D eigenvalue weighted by atomic mass is 9.99. The molecule has 0 fully saturated rings. The maximum Gasteiger partial charge on any atom is 0.127 e. The zero-order valence-corrected chi connectivity index (χ0v) is 13.0. The molecule has 1 unspecified atom stereocenters. The number of nitrogens with zero attached hydrogens (tertiary/aromatic N) is 1. The number of benzene rings is 1. The number of hydrogen-bond donors (Lipinski definition) is 1. The van der Waals surface area contributed by atoms with Crippen molar-refractivity contribution in [2.75, 3.05) is 6.54 Å². The van der Waals surface area contributed by atoms with Crippen LogP contribution >= 0.6 is 15.9 Å². The van der Waals surface area contributed by atoms with Gasteiger partial charge in [-0.15, -0.1) is 0 Å². The lowest BCUT2D eigenvalue weighted by molar-refractivity contribution is 0.511. The van der Waals surface area contributed by atoms with Crippen LogP contribution in [0.15, 0.2) is 47.2 Å². The van der Waals surface area contributed by atoms with Crippen LogP contribution in [0.5, 0.6) is 0 Å². The summed E-state index contributed by atoms with van der Waals surface area (Å²) in [6, 6.07) is 9.23. The molecule has 1 aromatic carbocycles. The van der Waals surface area contributed by atoms with Crippen molar-refractivity contribution in [2.24, 2.45) is 0 Å². The monoisotopic (exact) mass is 336 g/mol. The molecule has 0 bridgehead atoms. The fourth-order valence-electron chi connectivity index (χ4n) is 2.12. The van der Waals surface area contributed by atoms with E-state index in [1.165, 1.54) is 6.07 Å². The minimum Gasteiger partial charge on any atom is -0.310 e.